The number of methoxy groups -OCH3 is 2. The average Bonchev–Trinajstić information content (AvgIpc) is 2.70. The van der Waals surface area contributed by atoms with Crippen molar-refractivity contribution >= 4 is 11.0 Å². The maximum atomic E-state index is 13.3. The number of hydrogen-bond acceptors (Lipinski definition) is 6. The van der Waals surface area contributed by atoms with Crippen LogP contribution in [0, 0.1) is 0 Å². The largest absolute Gasteiger partial charge is 0.508 e. The van der Waals surface area contributed by atoms with Crippen molar-refractivity contribution in [1.29, 1.82) is 0 Å². The van der Waals surface area contributed by atoms with Crippen LogP contribution in [-0.2, 0) is 6.42 Å². The lowest BCUT2D eigenvalue weighted by molar-refractivity contribution is 0.355. The van der Waals surface area contributed by atoms with Gasteiger partial charge in [-0.3, -0.25) is 4.79 Å². The zero-order valence-electron chi connectivity index (χ0n) is 17.4. The smallest absolute Gasteiger partial charge is 0.200 e. The molecule has 0 aliphatic heterocycles. The van der Waals surface area contributed by atoms with Crippen molar-refractivity contribution in [3.05, 3.63) is 69.9 Å². The van der Waals surface area contributed by atoms with Crippen LogP contribution in [-0.4, -0.2) is 24.4 Å². The molecule has 0 spiro atoms. The van der Waals surface area contributed by atoms with Gasteiger partial charge in [0.25, 0.3) is 0 Å². The molecule has 0 fully saturated rings. The zero-order valence-corrected chi connectivity index (χ0v) is 17.4. The quantitative estimate of drug-likeness (QED) is 0.561. The Bertz CT molecular complexity index is 1200. The first-order chi connectivity index (χ1) is 14.3. The SMILES string of the molecule is COc1ccc(-c2oc3cc(O)cc(O)c3c(=O)c2C/C=C/C=C(C)C)cc1OC. The molecule has 30 heavy (non-hydrogen) atoms. The Hall–Kier alpha value is -3.67. The van der Waals surface area contributed by atoms with E-state index < -0.39 is 0 Å². The molecule has 0 amide bonds. The summed E-state index contributed by atoms with van der Waals surface area (Å²) in [5, 5.41) is 20.1. The molecule has 0 saturated carbocycles. The van der Waals surface area contributed by atoms with E-state index in [1.807, 2.05) is 32.1 Å². The number of phenolic OH excluding ortho intramolecular Hbond substituents is 2. The molecule has 3 aromatic rings. The first kappa shape index (κ1) is 21.0. The lowest BCUT2D eigenvalue weighted by Crippen LogP contribution is -2.11. The van der Waals surface area contributed by atoms with Crippen LogP contribution in [0.15, 0.2) is 63.3 Å². The molecule has 2 N–H and O–H groups in total. The molecule has 0 aliphatic rings. The van der Waals surface area contributed by atoms with E-state index in [1.165, 1.54) is 13.2 Å². The molecule has 0 bridgehead atoms. The van der Waals surface area contributed by atoms with Crippen LogP contribution >= 0.6 is 0 Å². The Balaban J connectivity index is 2.28. The molecule has 3 rings (SSSR count). The van der Waals surface area contributed by atoms with Crippen molar-refractivity contribution in [2.75, 3.05) is 14.2 Å². The lowest BCUT2D eigenvalue weighted by Gasteiger charge is -2.13. The Morgan fingerprint density at radius 3 is 2.47 bits per heavy atom. The number of benzene rings is 2. The van der Waals surface area contributed by atoms with Crippen molar-refractivity contribution in [2.45, 2.75) is 20.3 Å². The lowest BCUT2D eigenvalue weighted by atomic mass is 10.0. The maximum Gasteiger partial charge on any atom is 0.200 e. The van der Waals surface area contributed by atoms with Crippen LogP contribution in [0.5, 0.6) is 23.0 Å². The minimum Gasteiger partial charge on any atom is -0.508 e. The standard InChI is InChI=1S/C24H24O6/c1-14(2)7-5-6-8-17-23(27)22-18(26)12-16(25)13-21(22)30-24(17)15-9-10-19(28-3)20(11-15)29-4/h5-7,9-13,25-26H,8H2,1-4H3/b6-5+. The van der Waals surface area contributed by atoms with Crippen LogP contribution in [0.2, 0.25) is 0 Å². The van der Waals surface area contributed by atoms with E-state index in [2.05, 4.69) is 0 Å². The minimum absolute atomic E-state index is 0.0302. The van der Waals surface area contributed by atoms with Crippen molar-refractivity contribution < 1.29 is 24.1 Å². The molecule has 0 unspecified atom stereocenters. The predicted molar refractivity (Wildman–Crippen MR) is 117 cm³/mol. The highest BCUT2D eigenvalue weighted by molar-refractivity contribution is 5.87. The number of phenols is 2. The molecular weight excluding hydrogens is 384 g/mol. The van der Waals surface area contributed by atoms with Crippen LogP contribution in [0.25, 0.3) is 22.3 Å². The van der Waals surface area contributed by atoms with Gasteiger partial charge in [0.2, 0.25) is 5.43 Å². The van der Waals surface area contributed by atoms with Gasteiger partial charge in [-0.1, -0.05) is 23.8 Å². The molecule has 0 saturated heterocycles. The second-order valence-electron chi connectivity index (χ2n) is 7.02. The highest BCUT2D eigenvalue weighted by Gasteiger charge is 2.19. The average molecular weight is 408 g/mol. The van der Waals surface area contributed by atoms with Crippen LogP contribution in [0.3, 0.4) is 0 Å². The molecular formula is C24H24O6. The summed E-state index contributed by atoms with van der Waals surface area (Å²) in [4.78, 5) is 13.3. The molecule has 0 radical (unpaired) electrons. The van der Waals surface area contributed by atoms with Crippen molar-refractivity contribution in [3.63, 3.8) is 0 Å². The number of ether oxygens (including phenoxy) is 2. The fourth-order valence-electron chi connectivity index (χ4n) is 3.16. The van der Waals surface area contributed by atoms with E-state index in [-0.39, 0.29) is 27.9 Å². The van der Waals surface area contributed by atoms with E-state index in [4.69, 9.17) is 13.9 Å². The van der Waals surface area contributed by atoms with Gasteiger partial charge in [-0.05, 0) is 38.5 Å². The molecule has 2 aromatic carbocycles. The molecule has 1 aromatic heterocycles. The van der Waals surface area contributed by atoms with Crippen LogP contribution in [0.1, 0.15) is 19.4 Å². The fourth-order valence-corrected chi connectivity index (χ4v) is 3.16. The van der Waals surface area contributed by atoms with E-state index in [0.717, 1.165) is 11.6 Å². The van der Waals surface area contributed by atoms with E-state index in [1.54, 1.807) is 25.3 Å². The zero-order chi connectivity index (χ0) is 21.8. The Morgan fingerprint density at radius 1 is 1.07 bits per heavy atom. The van der Waals surface area contributed by atoms with E-state index >= 15 is 0 Å². The van der Waals surface area contributed by atoms with Crippen molar-refractivity contribution in [3.8, 4) is 34.3 Å². The second-order valence-corrected chi connectivity index (χ2v) is 7.02. The summed E-state index contributed by atoms with van der Waals surface area (Å²) in [5.74, 6) is 0.845. The summed E-state index contributed by atoms with van der Waals surface area (Å²) in [5.41, 5.74) is 1.86. The Morgan fingerprint density at radius 2 is 1.80 bits per heavy atom. The third-order valence-electron chi connectivity index (χ3n) is 4.59. The molecule has 1 heterocycles. The number of rotatable bonds is 6. The number of fused-ring (bicyclic) bond motifs is 1. The predicted octanol–water partition coefficient (Wildman–Crippen LogP) is 4.95. The topological polar surface area (TPSA) is 89.1 Å². The number of hydrogen-bond donors (Lipinski definition) is 2. The maximum absolute atomic E-state index is 13.3. The normalized spacial score (nSPS) is 11.1. The molecule has 0 atom stereocenters. The van der Waals surface area contributed by atoms with Gasteiger partial charge in [-0.15, -0.1) is 0 Å². The third-order valence-corrected chi connectivity index (χ3v) is 4.59. The van der Waals surface area contributed by atoms with Gasteiger partial charge in [0.1, 0.15) is 28.2 Å². The Kier molecular flexibility index (Phi) is 6.16. The number of allylic oxidation sites excluding steroid dienone is 4. The summed E-state index contributed by atoms with van der Waals surface area (Å²) >= 11 is 0. The van der Waals surface area contributed by atoms with Crippen molar-refractivity contribution in [1.82, 2.24) is 0 Å². The second kappa shape index (κ2) is 8.78. The van der Waals surface area contributed by atoms with Gasteiger partial charge in [0.15, 0.2) is 11.5 Å². The van der Waals surface area contributed by atoms with Gasteiger partial charge in [0, 0.05) is 23.3 Å². The number of aromatic hydroxyl groups is 2. The molecule has 0 aliphatic carbocycles. The van der Waals surface area contributed by atoms with Crippen molar-refractivity contribution in [2.24, 2.45) is 0 Å². The summed E-state index contributed by atoms with van der Waals surface area (Å²) in [6.45, 7) is 3.96. The highest BCUT2D eigenvalue weighted by atomic mass is 16.5. The summed E-state index contributed by atoms with van der Waals surface area (Å²) in [6, 6.07) is 7.63. The first-order valence-corrected chi connectivity index (χ1v) is 9.39. The van der Waals surface area contributed by atoms with Gasteiger partial charge < -0.3 is 24.1 Å². The first-order valence-electron chi connectivity index (χ1n) is 9.39. The highest BCUT2D eigenvalue weighted by Crippen LogP contribution is 2.36. The van der Waals surface area contributed by atoms with E-state index in [9.17, 15) is 15.0 Å². The van der Waals surface area contributed by atoms with Crippen LogP contribution < -0.4 is 14.9 Å². The molecule has 6 nitrogen and oxygen atoms in total. The monoisotopic (exact) mass is 408 g/mol. The van der Waals surface area contributed by atoms with Crippen LogP contribution in [0.4, 0.5) is 0 Å². The minimum atomic E-state index is -0.361. The molecule has 156 valence electrons. The summed E-state index contributed by atoms with van der Waals surface area (Å²) in [6.07, 6.45) is 5.96. The Labute approximate surface area is 174 Å². The van der Waals surface area contributed by atoms with Gasteiger partial charge >= 0.3 is 0 Å². The van der Waals surface area contributed by atoms with Gasteiger partial charge in [-0.2, -0.15) is 0 Å². The van der Waals surface area contributed by atoms with Gasteiger partial charge in [0.05, 0.1) is 14.2 Å². The summed E-state index contributed by atoms with van der Waals surface area (Å²) in [7, 11) is 3.07. The third kappa shape index (κ3) is 4.17. The summed E-state index contributed by atoms with van der Waals surface area (Å²) < 4.78 is 16.7. The van der Waals surface area contributed by atoms with E-state index in [0.29, 0.717) is 34.8 Å². The molecule has 6 heteroatoms. The fraction of sp³-hybridized carbons (Fsp3) is 0.208. The van der Waals surface area contributed by atoms with Gasteiger partial charge in [-0.25, -0.2) is 0 Å².